The number of aliphatic hydroxyl groups is 1. The molecule has 36 heavy (non-hydrogen) atoms. The van der Waals surface area contributed by atoms with Crippen LogP contribution >= 0.6 is 11.6 Å². The Balaban J connectivity index is 1.74. The number of aromatic nitrogens is 1. The lowest BCUT2D eigenvalue weighted by atomic mass is 9.82. The number of carbonyl (C=O) groups is 2. The van der Waals surface area contributed by atoms with Crippen molar-refractivity contribution in [1.29, 1.82) is 0 Å². The van der Waals surface area contributed by atoms with Crippen LogP contribution in [0.2, 0.25) is 5.02 Å². The van der Waals surface area contributed by atoms with Crippen molar-refractivity contribution in [2.24, 2.45) is 5.41 Å². The minimum atomic E-state index is -1.43. The lowest BCUT2D eigenvalue weighted by Gasteiger charge is -2.28. The van der Waals surface area contributed by atoms with E-state index in [0.29, 0.717) is 41.1 Å². The van der Waals surface area contributed by atoms with Gasteiger partial charge in [0.15, 0.2) is 0 Å². The van der Waals surface area contributed by atoms with Crippen LogP contribution in [0.15, 0.2) is 53.1 Å². The van der Waals surface area contributed by atoms with Gasteiger partial charge in [0, 0.05) is 22.7 Å². The van der Waals surface area contributed by atoms with E-state index >= 15 is 0 Å². The third-order valence-corrected chi connectivity index (χ3v) is 6.40. The van der Waals surface area contributed by atoms with Crippen molar-refractivity contribution in [2.45, 2.75) is 52.0 Å². The van der Waals surface area contributed by atoms with E-state index in [9.17, 15) is 24.2 Å². The van der Waals surface area contributed by atoms with Crippen LogP contribution in [0.25, 0.3) is 11.1 Å². The van der Waals surface area contributed by atoms with Gasteiger partial charge >= 0.3 is 5.97 Å². The number of hydrogen-bond acceptors (Lipinski definition) is 5. The van der Waals surface area contributed by atoms with Gasteiger partial charge in [-0.25, -0.2) is 4.39 Å². The Morgan fingerprint density at radius 1 is 1.17 bits per heavy atom. The number of benzene rings is 2. The van der Waals surface area contributed by atoms with Crippen LogP contribution in [0.3, 0.4) is 0 Å². The summed E-state index contributed by atoms with van der Waals surface area (Å²) in [7, 11) is 0. The van der Waals surface area contributed by atoms with Crippen molar-refractivity contribution >= 4 is 23.5 Å². The van der Waals surface area contributed by atoms with E-state index in [1.807, 2.05) is 19.1 Å². The Morgan fingerprint density at radius 2 is 1.89 bits per heavy atom. The summed E-state index contributed by atoms with van der Waals surface area (Å²) in [5, 5.41) is 26.5. The first kappa shape index (κ1) is 27.4. The SMILES string of the molecule is CCCc1cc(C(=O)N[C@H](CCc2ccc(-c3cc(Cl)ccc3F)cc2)C[C@@](C)(CO)C(=O)O)on1. The van der Waals surface area contributed by atoms with Gasteiger partial charge in [0.25, 0.3) is 5.91 Å². The number of aliphatic hydroxyl groups excluding tert-OH is 1. The van der Waals surface area contributed by atoms with Gasteiger partial charge in [-0.15, -0.1) is 0 Å². The molecule has 0 aliphatic heterocycles. The molecule has 2 atom stereocenters. The molecule has 192 valence electrons. The zero-order valence-corrected chi connectivity index (χ0v) is 21.0. The molecule has 0 saturated carbocycles. The first-order chi connectivity index (χ1) is 17.1. The van der Waals surface area contributed by atoms with E-state index in [-0.39, 0.29) is 18.0 Å². The molecule has 0 bridgehead atoms. The summed E-state index contributed by atoms with van der Waals surface area (Å²) in [4.78, 5) is 24.6. The van der Waals surface area contributed by atoms with Gasteiger partial charge in [0.1, 0.15) is 5.82 Å². The molecule has 1 heterocycles. The Labute approximate surface area is 214 Å². The van der Waals surface area contributed by atoms with Crippen LogP contribution in [-0.4, -0.2) is 39.9 Å². The summed E-state index contributed by atoms with van der Waals surface area (Å²) in [6.07, 6.45) is 2.48. The van der Waals surface area contributed by atoms with E-state index in [0.717, 1.165) is 12.0 Å². The van der Waals surface area contributed by atoms with Crippen LogP contribution in [-0.2, 0) is 17.6 Å². The quantitative estimate of drug-likeness (QED) is 0.301. The van der Waals surface area contributed by atoms with Crippen molar-refractivity contribution < 1.29 is 28.7 Å². The molecule has 0 radical (unpaired) electrons. The summed E-state index contributed by atoms with van der Waals surface area (Å²) in [5.41, 5.74) is 1.23. The fourth-order valence-corrected chi connectivity index (χ4v) is 4.12. The number of amides is 1. The highest BCUT2D eigenvalue weighted by Crippen LogP contribution is 2.28. The van der Waals surface area contributed by atoms with Crippen LogP contribution in [0.5, 0.6) is 0 Å². The minimum Gasteiger partial charge on any atom is -0.481 e. The third kappa shape index (κ3) is 6.92. The molecular weight excluding hydrogens is 487 g/mol. The van der Waals surface area contributed by atoms with Crippen molar-refractivity contribution in [3.8, 4) is 11.1 Å². The van der Waals surface area contributed by atoms with Crippen molar-refractivity contribution in [2.75, 3.05) is 6.61 Å². The second-order valence-electron chi connectivity index (χ2n) is 9.19. The molecule has 1 amide bonds. The highest BCUT2D eigenvalue weighted by Gasteiger charge is 2.36. The Bertz CT molecular complexity index is 1200. The normalized spacial score (nSPS) is 13.7. The van der Waals surface area contributed by atoms with Crippen LogP contribution in [0.4, 0.5) is 4.39 Å². The summed E-state index contributed by atoms with van der Waals surface area (Å²) >= 11 is 6.00. The lowest BCUT2D eigenvalue weighted by Crippen LogP contribution is -2.43. The van der Waals surface area contributed by atoms with Crippen LogP contribution in [0, 0.1) is 11.2 Å². The third-order valence-electron chi connectivity index (χ3n) is 6.16. The largest absolute Gasteiger partial charge is 0.481 e. The molecular formula is C27H30ClFN2O5. The molecule has 0 unspecified atom stereocenters. The molecule has 2 aromatic carbocycles. The van der Waals surface area contributed by atoms with E-state index in [1.165, 1.54) is 19.1 Å². The van der Waals surface area contributed by atoms with Crippen LogP contribution in [0.1, 0.15) is 54.9 Å². The van der Waals surface area contributed by atoms with Gasteiger partial charge in [-0.3, -0.25) is 9.59 Å². The van der Waals surface area contributed by atoms with Gasteiger partial charge in [-0.05, 0) is 61.9 Å². The Morgan fingerprint density at radius 3 is 2.53 bits per heavy atom. The van der Waals surface area contributed by atoms with Gasteiger partial charge in [0.2, 0.25) is 5.76 Å². The number of hydrogen-bond donors (Lipinski definition) is 3. The van der Waals surface area contributed by atoms with Crippen molar-refractivity contribution in [1.82, 2.24) is 10.5 Å². The number of carbonyl (C=O) groups excluding carboxylic acids is 1. The maximum atomic E-state index is 14.2. The molecule has 0 aliphatic carbocycles. The first-order valence-corrected chi connectivity index (χ1v) is 12.2. The van der Waals surface area contributed by atoms with Gasteiger partial charge < -0.3 is 20.1 Å². The maximum Gasteiger partial charge on any atom is 0.311 e. The molecule has 3 N–H and O–H groups in total. The molecule has 0 spiro atoms. The number of nitrogens with zero attached hydrogens (tertiary/aromatic N) is 1. The number of aryl methyl sites for hydroxylation is 2. The topological polar surface area (TPSA) is 113 Å². The number of carboxylic acids is 1. The second-order valence-corrected chi connectivity index (χ2v) is 9.63. The predicted molar refractivity (Wildman–Crippen MR) is 134 cm³/mol. The number of carboxylic acid groups (broad SMARTS) is 1. The average molecular weight is 517 g/mol. The smallest absolute Gasteiger partial charge is 0.311 e. The molecule has 1 aromatic heterocycles. The zero-order chi connectivity index (χ0) is 26.3. The number of halogens is 2. The van der Waals surface area contributed by atoms with Crippen molar-refractivity contribution in [3.63, 3.8) is 0 Å². The molecule has 0 fully saturated rings. The van der Waals surface area contributed by atoms with E-state index in [4.69, 9.17) is 16.1 Å². The van der Waals surface area contributed by atoms with Gasteiger partial charge in [-0.2, -0.15) is 0 Å². The monoisotopic (exact) mass is 516 g/mol. The van der Waals surface area contributed by atoms with Crippen LogP contribution < -0.4 is 5.32 Å². The maximum absolute atomic E-state index is 14.2. The second kappa shape index (κ2) is 12.1. The minimum absolute atomic E-state index is 0.0202. The first-order valence-electron chi connectivity index (χ1n) is 11.8. The number of aliphatic carboxylic acids is 1. The van der Waals surface area contributed by atoms with Crippen molar-refractivity contribution in [3.05, 3.63) is 76.4 Å². The van der Waals surface area contributed by atoms with E-state index < -0.39 is 29.9 Å². The lowest BCUT2D eigenvalue weighted by molar-refractivity contribution is -0.151. The fraction of sp³-hybridized carbons (Fsp3) is 0.370. The molecule has 0 saturated heterocycles. The summed E-state index contributed by atoms with van der Waals surface area (Å²) in [5.74, 6) is -1.96. The molecule has 9 heteroatoms. The number of nitrogens with one attached hydrogen (secondary N) is 1. The van der Waals surface area contributed by atoms with E-state index in [2.05, 4.69) is 10.5 Å². The molecule has 3 rings (SSSR count). The highest BCUT2D eigenvalue weighted by molar-refractivity contribution is 6.30. The summed E-state index contributed by atoms with van der Waals surface area (Å²) in [6.45, 7) is 2.86. The van der Waals surface area contributed by atoms with Gasteiger partial charge in [0.05, 0.1) is 17.7 Å². The molecule has 0 aliphatic rings. The highest BCUT2D eigenvalue weighted by atomic mass is 35.5. The summed E-state index contributed by atoms with van der Waals surface area (Å²) in [6, 6.07) is 12.7. The number of rotatable bonds is 12. The van der Waals surface area contributed by atoms with Gasteiger partial charge in [-0.1, -0.05) is 54.4 Å². The standard InChI is InChI=1S/C27H30ClFN2O5/c1-3-4-20-14-24(36-31-20)25(33)30-21(15-27(2,16-32)26(34)35)11-7-17-5-8-18(9-6-17)22-13-19(28)10-12-23(22)29/h5-6,8-10,12-14,21,32H,3-4,7,11,15-16H2,1-2H3,(H,30,33)(H,34,35)/t21-,27+/m1/s1. The Kier molecular flexibility index (Phi) is 9.23. The average Bonchev–Trinajstić information content (AvgIpc) is 3.33. The summed E-state index contributed by atoms with van der Waals surface area (Å²) < 4.78 is 19.3. The molecule has 3 aromatic rings. The van der Waals surface area contributed by atoms with E-state index in [1.54, 1.807) is 24.3 Å². The predicted octanol–water partition coefficient (Wildman–Crippen LogP) is 5.29. The molecule has 7 nitrogen and oxygen atoms in total. The Hall–Kier alpha value is -3.23. The zero-order valence-electron chi connectivity index (χ0n) is 20.3. The fourth-order valence-electron chi connectivity index (χ4n) is 3.95.